The number of carbonyl (C=O) groups excluding carboxylic acids is 1. The number of rotatable bonds is 4. The Balaban J connectivity index is 2.12. The maximum atomic E-state index is 12.2. The van der Waals surface area contributed by atoms with Crippen LogP contribution < -0.4 is 0 Å². The van der Waals surface area contributed by atoms with Crippen LogP contribution in [0.15, 0.2) is 24.3 Å². The van der Waals surface area contributed by atoms with Gasteiger partial charge in [0.1, 0.15) is 0 Å². The first-order valence-corrected chi connectivity index (χ1v) is 8.59. The topological polar surface area (TPSA) is 51.2 Å². The summed E-state index contributed by atoms with van der Waals surface area (Å²) < 4.78 is 22.8. The molecule has 0 radical (unpaired) electrons. The Morgan fingerprint density at radius 1 is 1.32 bits per heavy atom. The van der Waals surface area contributed by atoms with Gasteiger partial charge in [0.05, 0.1) is 11.5 Å². The molecule has 2 unspecified atom stereocenters. The van der Waals surface area contributed by atoms with Gasteiger partial charge in [0.25, 0.3) is 0 Å². The Kier molecular flexibility index (Phi) is 4.09. The minimum Gasteiger partial charge on any atom is -0.294 e. The molecule has 1 aliphatic rings. The van der Waals surface area contributed by atoms with E-state index in [9.17, 15) is 13.2 Å². The number of hydrogen-bond acceptors (Lipinski definition) is 3. The Labute approximate surface area is 114 Å². The number of Topliss-reactive ketones (excluding diaryl/α,β-unsaturated/α-hetero) is 1. The summed E-state index contributed by atoms with van der Waals surface area (Å²) in [6, 6.07) is 7.61. The quantitative estimate of drug-likeness (QED) is 0.797. The second kappa shape index (κ2) is 5.45. The fourth-order valence-electron chi connectivity index (χ4n) is 2.45. The molecular weight excluding hydrogens is 260 g/mol. The van der Waals surface area contributed by atoms with Crippen LogP contribution in [0.25, 0.3) is 0 Å². The lowest BCUT2D eigenvalue weighted by atomic mass is 9.93. The summed E-state index contributed by atoms with van der Waals surface area (Å²) in [5.74, 6) is 0.264. The number of carbonyl (C=O) groups is 1. The van der Waals surface area contributed by atoms with Gasteiger partial charge in [-0.15, -0.1) is 0 Å². The molecular formula is C15H20O3S. The standard InChI is InChI=1S/C15H20O3S/c1-3-11(2)12-4-6-13(7-5-12)15(16)14-8-9-19(17,18)10-14/h4-7,11,14H,3,8-10H2,1-2H3. The molecule has 0 saturated carbocycles. The van der Waals surface area contributed by atoms with Crippen LogP contribution in [-0.4, -0.2) is 25.7 Å². The molecule has 1 aliphatic heterocycles. The van der Waals surface area contributed by atoms with Gasteiger partial charge in [0.2, 0.25) is 0 Å². The maximum Gasteiger partial charge on any atom is 0.166 e. The first kappa shape index (κ1) is 14.3. The SMILES string of the molecule is CCC(C)c1ccc(C(=O)C2CCS(=O)(=O)C2)cc1. The highest BCUT2D eigenvalue weighted by Crippen LogP contribution is 2.24. The van der Waals surface area contributed by atoms with Crippen molar-refractivity contribution in [2.45, 2.75) is 32.6 Å². The van der Waals surface area contributed by atoms with Crippen molar-refractivity contribution >= 4 is 15.6 Å². The van der Waals surface area contributed by atoms with E-state index >= 15 is 0 Å². The lowest BCUT2D eigenvalue weighted by Crippen LogP contribution is -2.16. The van der Waals surface area contributed by atoms with E-state index in [1.807, 2.05) is 24.3 Å². The molecule has 2 rings (SSSR count). The molecule has 1 fully saturated rings. The van der Waals surface area contributed by atoms with E-state index in [2.05, 4.69) is 13.8 Å². The van der Waals surface area contributed by atoms with Crippen LogP contribution in [-0.2, 0) is 9.84 Å². The van der Waals surface area contributed by atoms with Gasteiger partial charge >= 0.3 is 0 Å². The summed E-state index contributed by atoms with van der Waals surface area (Å²) in [5, 5.41) is 0. The normalized spacial score (nSPS) is 23.2. The van der Waals surface area contributed by atoms with Crippen molar-refractivity contribution in [1.82, 2.24) is 0 Å². The number of ketones is 1. The minimum atomic E-state index is -2.99. The third kappa shape index (κ3) is 3.24. The van der Waals surface area contributed by atoms with E-state index in [4.69, 9.17) is 0 Å². The van der Waals surface area contributed by atoms with Crippen molar-refractivity contribution in [3.63, 3.8) is 0 Å². The Bertz CT molecular complexity index is 558. The van der Waals surface area contributed by atoms with E-state index in [0.717, 1.165) is 6.42 Å². The summed E-state index contributed by atoms with van der Waals surface area (Å²) in [4.78, 5) is 12.2. The molecule has 3 nitrogen and oxygen atoms in total. The molecule has 0 aromatic heterocycles. The molecule has 4 heteroatoms. The number of hydrogen-bond donors (Lipinski definition) is 0. The predicted molar refractivity (Wildman–Crippen MR) is 76.2 cm³/mol. The Morgan fingerprint density at radius 2 is 1.95 bits per heavy atom. The molecule has 1 heterocycles. The lowest BCUT2D eigenvalue weighted by molar-refractivity contribution is 0.0933. The highest BCUT2D eigenvalue weighted by Gasteiger charge is 2.33. The number of sulfone groups is 1. The molecule has 19 heavy (non-hydrogen) atoms. The monoisotopic (exact) mass is 280 g/mol. The molecule has 0 aliphatic carbocycles. The highest BCUT2D eigenvalue weighted by atomic mass is 32.2. The van der Waals surface area contributed by atoms with E-state index in [0.29, 0.717) is 17.9 Å². The summed E-state index contributed by atoms with van der Waals surface area (Å²) in [5.41, 5.74) is 1.85. The van der Waals surface area contributed by atoms with Crippen molar-refractivity contribution in [2.24, 2.45) is 5.92 Å². The molecule has 0 bridgehead atoms. The summed E-state index contributed by atoms with van der Waals surface area (Å²) in [6.07, 6.45) is 1.53. The van der Waals surface area contributed by atoms with Crippen LogP contribution in [0.3, 0.4) is 0 Å². The van der Waals surface area contributed by atoms with Crippen LogP contribution in [0.2, 0.25) is 0 Å². The summed E-state index contributed by atoms with van der Waals surface area (Å²) in [7, 11) is -2.99. The van der Waals surface area contributed by atoms with Gasteiger partial charge in [-0.2, -0.15) is 0 Å². The maximum absolute atomic E-state index is 12.2. The third-order valence-corrected chi connectivity index (χ3v) is 5.75. The molecule has 2 atom stereocenters. The lowest BCUT2D eigenvalue weighted by Gasteiger charge is -2.11. The Hall–Kier alpha value is -1.16. The van der Waals surface area contributed by atoms with Crippen molar-refractivity contribution in [2.75, 3.05) is 11.5 Å². The van der Waals surface area contributed by atoms with Crippen molar-refractivity contribution < 1.29 is 13.2 Å². The van der Waals surface area contributed by atoms with E-state index in [1.54, 1.807) is 0 Å². The molecule has 0 N–H and O–H groups in total. The fraction of sp³-hybridized carbons (Fsp3) is 0.533. The molecule has 1 aromatic rings. The summed E-state index contributed by atoms with van der Waals surface area (Å²) in [6.45, 7) is 4.29. The Morgan fingerprint density at radius 3 is 2.42 bits per heavy atom. The zero-order valence-electron chi connectivity index (χ0n) is 11.4. The van der Waals surface area contributed by atoms with Gasteiger partial charge in [0.15, 0.2) is 15.6 Å². The smallest absolute Gasteiger partial charge is 0.166 e. The van der Waals surface area contributed by atoms with Gasteiger partial charge < -0.3 is 0 Å². The average Bonchev–Trinajstić information content (AvgIpc) is 2.77. The second-order valence-electron chi connectivity index (χ2n) is 5.40. The number of benzene rings is 1. The van der Waals surface area contributed by atoms with Crippen molar-refractivity contribution in [3.05, 3.63) is 35.4 Å². The zero-order valence-corrected chi connectivity index (χ0v) is 12.2. The molecule has 1 aromatic carbocycles. The van der Waals surface area contributed by atoms with E-state index < -0.39 is 9.84 Å². The minimum absolute atomic E-state index is 0.0128. The molecule has 0 spiro atoms. The third-order valence-electron chi connectivity index (χ3n) is 3.98. The highest BCUT2D eigenvalue weighted by molar-refractivity contribution is 7.91. The average molecular weight is 280 g/mol. The first-order valence-electron chi connectivity index (χ1n) is 6.77. The first-order chi connectivity index (χ1) is 8.93. The summed E-state index contributed by atoms with van der Waals surface area (Å²) >= 11 is 0. The molecule has 0 amide bonds. The zero-order chi connectivity index (χ0) is 14.0. The van der Waals surface area contributed by atoms with Crippen LogP contribution in [0.4, 0.5) is 0 Å². The predicted octanol–water partition coefficient (Wildman–Crippen LogP) is 2.82. The molecule has 1 saturated heterocycles. The van der Waals surface area contributed by atoms with Gasteiger partial charge in [-0.3, -0.25) is 4.79 Å². The van der Waals surface area contributed by atoms with Gasteiger partial charge in [-0.05, 0) is 24.3 Å². The van der Waals surface area contributed by atoms with Crippen LogP contribution in [0, 0.1) is 5.92 Å². The van der Waals surface area contributed by atoms with Gasteiger partial charge in [-0.1, -0.05) is 38.1 Å². The largest absolute Gasteiger partial charge is 0.294 e. The van der Waals surface area contributed by atoms with Crippen LogP contribution in [0.5, 0.6) is 0 Å². The van der Waals surface area contributed by atoms with Gasteiger partial charge in [-0.25, -0.2) is 8.42 Å². The van der Waals surface area contributed by atoms with Crippen molar-refractivity contribution in [3.8, 4) is 0 Å². The molecule has 104 valence electrons. The van der Waals surface area contributed by atoms with Crippen LogP contribution >= 0.6 is 0 Å². The second-order valence-corrected chi connectivity index (χ2v) is 7.62. The van der Waals surface area contributed by atoms with E-state index in [1.165, 1.54) is 5.56 Å². The van der Waals surface area contributed by atoms with Gasteiger partial charge in [0, 0.05) is 11.5 Å². The van der Waals surface area contributed by atoms with E-state index in [-0.39, 0.29) is 23.2 Å². The van der Waals surface area contributed by atoms with Crippen LogP contribution in [0.1, 0.15) is 48.5 Å². The van der Waals surface area contributed by atoms with Crippen molar-refractivity contribution in [1.29, 1.82) is 0 Å². The fourth-order valence-corrected chi connectivity index (χ4v) is 4.19.